The van der Waals surface area contributed by atoms with Gasteiger partial charge in [0, 0.05) is 0 Å². The first kappa shape index (κ1) is 13.3. The molecule has 1 aliphatic rings. The standard InChI is InChI=1S/C18H20O2/c1-11-7-5-9-13-15(11)16-12(2)8-6-10-14(16)18(4,20)17(13,3)19/h5-10,19-20H,1-4H3. The zero-order chi connectivity index (χ0) is 14.7. The van der Waals surface area contributed by atoms with Crippen molar-refractivity contribution in [1.29, 1.82) is 0 Å². The molecule has 0 aromatic heterocycles. The maximum Gasteiger partial charge on any atom is 0.120 e. The lowest BCUT2D eigenvalue weighted by molar-refractivity contribution is -0.144. The van der Waals surface area contributed by atoms with Crippen LogP contribution in [-0.2, 0) is 11.2 Å². The third-order valence-corrected chi connectivity index (χ3v) is 4.79. The van der Waals surface area contributed by atoms with Crippen LogP contribution in [0.4, 0.5) is 0 Å². The van der Waals surface area contributed by atoms with Gasteiger partial charge in [-0.15, -0.1) is 0 Å². The van der Waals surface area contributed by atoms with Gasteiger partial charge >= 0.3 is 0 Å². The van der Waals surface area contributed by atoms with Crippen LogP contribution < -0.4 is 0 Å². The van der Waals surface area contributed by atoms with Crippen molar-refractivity contribution in [3.8, 4) is 11.1 Å². The van der Waals surface area contributed by atoms with Crippen molar-refractivity contribution < 1.29 is 10.2 Å². The Labute approximate surface area is 119 Å². The smallest absolute Gasteiger partial charge is 0.120 e. The molecule has 2 unspecified atom stereocenters. The lowest BCUT2D eigenvalue weighted by Crippen LogP contribution is -2.48. The highest BCUT2D eigenvalue weighted by molar-refractivity contribution is 5.81. The molecule has 0 saturated carbocycles. The average molecular weight is 268 g/mol. The number of fused-ring (bicyclic) bond motifs is 3. The second-order valence-electron chi connectivity index (χ2n) is 6.14. The van der Waals surface area contributed by atoms with Gasteiger partial charge in [-0.25, -0.2) is 0 Å². The fraction of sp³-hybridized carbons (Fsp3) is 0.333. The first-order valence-electron chi connectivity index (χ1n) is 6.94. The summed E-state index contributed by atoms with van der Waals surface area (Å²) in [5.74, 6) is 0. The summed E-state index contributed by atoms with van der Waals surface area (Å²) in [6, 6.07) is 11.8. The number of benzene rings is 2. The van der Waals surface area contributed by atoms with Gasteiger partial charge in [0.25, 0.3) is 0 Å². The molecule has 20 heavy (non-hydrogen) atoms. The van der Waals surface area contributed by atoms with E-state index in [-0.39, 0.29) is 0 Å². The molecule has 2 atom stereocenters. The van der Waals surface area contributed by atoms with Crippen molar-refractivity contribution >= 4 is 0 Å². The van der Waals surface area contributed by atoms with Crippen LogP contribution in [0.5, 0.6) is 0 Å². The number of hydrogen-bond acceptors (Lipinski definition) is 2. The second-order valence-corrected chi connectivity index (χ2v) is 6.14. The van der Waals surface area contributed by atoms with E-state index in [1.54, 1.807) is 13.8 Å². The Kier molecular flexibility index (Phi) is 2.63. The number of hydrogen-bond donors (Lipinski definition) is 2. The van der Waals surface area contributed by atoms with Crippen LogP contribution >= 0.6 is 0 Å². The normalized spacial score (nSPS) is 27.9. The van der Waals surface area contributed by atoms with Crippen molar-refractivity contribution in [2.45, 2.75) is 38.9 Å². The van der Waals surface area contributed by atoms with Crippen molar-refractivity contribution in [1.82, 2.24) is 0 Å². The number of aryl methyl sites for hydroxylation is 2. The predicted octanol–water partition coefficient (Wildman–Crippen LogP) is 3.40. The highest BCUT2D eigenvalue weighted by Crippen LogP contribution is 2.52. The minimum Gasteiger partial charge on any atom is -0.382 e. The van der Waals surface area contributed by atoms with Gasteiger partial charge in [-0.05, 0) is 61.1 Å². The fourth-order valence-corrected chi connectivity index (χ4v) is 3.33. The summed E-state index contributed by atoms with van der Waals surface area (Å²) in [7, 11) is 0. The maximum atomic E-state index is 11.0. The zero-order valence-electron chi connectivity index (χ0n) is 12.4. The van der Waals surface area contributed by atoms with Crippen LogP contribution in [0.3, 0.4) is 0 Å². The molecular formula is C18H20O2. The molecule has 0 fully saturated rings. The zero-order valence-corrected chi connectivity index (χ0v) is 12.4. The number of rotatable bonds is 0. The summed E-state index contributed by atoms with van der Waals surface area (Å²) >= 11 is 0. The fourth-order valence-electron chi connectivity index (χ4n) is 3.33. The molecule has 3 rings (SSSR count). The van der Waals surface area contributed by atoms with Gasteiger partial charge in [0.05, 0.1) is 0 Å². The van der Waals surface area contributed by atoms with Crippen LogP contribution in [-0.4, -0.2) is 10.2 Å². The van der Waals surface area contributed by atoms with E-state index in [4.69, 9.17) is 0 Å². The first-order chi connectivity index (χ1) is 9.28. The summed E-state index contributed by atoms with van der Waals surface area (Å²) in [4.78, 5) is 0. The van der Waals surface area contributed by atoms with Gasteiger partial charge in [0.1, 0.15) is 11.2 Å². The van der Waals surface area contributed by atoms with Crippen LogP contribution in [0.15, 0.2) is 36.4 Å². The minimum atomic E-state index is -1.31. The topological polar surface area (TPSA) is 40.5 Å². The molecule has 0 bridgehead atoms. The Morgan fingerprint density at radius 3 is 1.40 bits per heavy atom. The molecule has 0 amide bonds. The van der Waals surface area contributed by atoms with Gasteiger partial charge in [-0.3, -0.25) is 0 Å². The summed E-state index contributed by atoms with van der Waals surface area (Å²) in [6.07, 6.45) is 0. The monoisotopic (exact) mass is 268 g/mol. The van der Waals surface area contributed by atoms with E-state index in [2.05, 4.69) is 0 Å². The molecule has 0 saturated heterocycles. The summed E-state index contributed by atoms with van der Waals surface area (Å²) in [5, 5.41) is 21.9. The molecule has 0 heterocycles. The van der Waals surface area contributed by atoms with Gasteiger partial charge in [-0.1, -0.05) is 36.4 Å². The summed E-state index contributed by atoms with van der Waals surface area (Å²) < 4.78 is 0. The summed E-state index contributed by atoms with van der Waals surface area (Å²) in [6.45, 7) is 7.48. The van der Waals surface area contributed by atoms with E-state index in [9.17, 15) is 10.2 Å². The van der Waals surface area contributed by atoms with Crippen molar-refractivity contribution in [3.05, 3.63) is 58.7 Å². The largest absolute Gasteiger partial charge is 0.382 e. The quantitative estimate of drug-likeness (QED) is 0.769. The Morgan fingerprint density at radius 2 is 1.05 bits per heavy atom. The molecule has 0 aliphatic heterocycles. The molecule has 1 aliphatic carbocycles. The highest BCUT2D eigenvalue weighted by Gasteiger charge is 2.50. The van der Waals surface area contributed by atoms with E-state index >= 15 is 0 Å². The lowest BCUT2D eigenvalue weighted by Gasteiger charge is -2.46. The number of aliphatic hydroxyl groups is 2. The van der Waals surface area contributed by atoms with E-state index in [0.29, 0.717) is 0 Å². The molecule has 104 valence electrons. The average Bonchev–Trinajstić information content (AvgIpc) is 2.37. The SMILES string of the molecule is Cc1cccc2c1-c1c(C)cccc1C(C)(O)C2(C)O. The third-order valence-electron chi connectivity index (χ3n) is 4.79. The van der Waals surface area contributed by atoms with Gasteiger partial charge in [-0.2, -0.15) is 0 Å². The summed E-state index contributed by atoms with van der Waals surface area (Å²) in [5.41, 5.74) is 3.31. The van der Waals surface area contributed by atoms with Crippen LogP contribution in [0.1, 0.15) is 36.1 Å². The van der Waals surface area contributed by atoms with Crippen molar-refractivity contribution in [3.63, 3.8) is 0 Å². The van der Waals surface area contributed by atoms with E-state index in [0.717, 1.165) is 33.4 Å². The van der Waals surface area contributed by atoms with Gasteiger partial charge in [0.2, 0.25) is 0 Å². The van der Waals surface area contributed by atoms with E-state index in [1.807, 2.05) is 50.2 Å². The molecule has 2 aromatic rings. The molecule has 2 heteroatoms. The molecule has 2 N–H and O–H groups in total. The Balaban J connectivity index is 2.52. The van der Waals surface area contributed by atoms with Crippen molar-refractivity contribution in [2.75, 3.05) is 0 Å². The maximum absolute atomic E-state index is 11.0. The van der Waals surface area contributed by atoms with Crippen LogP contribution in [0.25, 0.3) is 11.1 Å². The Bertz CT molecular complexity index is 635. The minimum absolute atomic E-state index is 0.796. The van der Waals surface area contributed by atoms with Crippen LogP contribution in [0, 0.1) is 13.8 Å². The first-order valence-corrected chi connectivity index (χ1v) is 6.94. The molecule has 2 nitrogen and oxygen atoms in total. The van der Waals surface area contributed by atoms with Gasteiger partial charge in [0.15, 0.2) is 0 Å². The van der Waals surface area contributed by atoms with Gasteiger partial charge < -0.3 is 10.2 Å². The Morgan fingerprint density at radius 1 is 0.700 bits per heavy atom. The lowest BCUT2D eigenvalue weighted by atomic mass is 9.65. The van der Waals surface area contributed by atoms with Crippen LogP contribution in [0.2, 0.25) is 0 Å². The highest BCUT2D eigenvalue weighted by atomic mass is 16.4. The molecule has 0 spiro atoms. The van der Waals surface area contributed by atoms with Crippen molar-refractivity contribution in [2.24, 2.45) is 0 Å². The van der Waals surface area contributed by atoms with E-state index < -0.39 is 11.2 Å². The third kappa shape index (κ3) is 1.46. The van der Waals surface area contributed by atoms with E-state index in [1.165, 1.54) is 0 Å². The second kappa shape index (κ2) is 3.94. The Hall–Kier alpha value is -1.64. The molecular weight excluding hydrogens is 248 g/mol. The molecule has 2 aromatic carbocycles. The molecule has 0 radical (unpaired) electrons. The predicted molar refractivity (Wildman–Crippen MR) is 80.5 cm³/mol.